The molecule has 0 aromatic heterocycles. The van der Waals surface area contributed by atoms with Gasteiger partial charge in [-0.05, 0) is 33.4 Å². The molecule has 0 spiro atoms. The fraction of sp³-hybridized carbons (Fsp3) is 0.158. The van der Waals surface area contributed by atoms with Crippen LogP contribution in [-0.2, 0) is 0 Å². The third-order valence-electron chi connectivity index (χ3n) is 3.64. The molecule has 0 aliphatic heterocycles. The van der Waals surface area contributed by atoms with Crippen molar-refractivity contribution in [2.45, 2.75) is 19.8 Å². The van der Waals surface area contributed by atoms with E-state index in [0.29, 0.717) is 5.92 Å². The Morgan fingerprint density at radius 2 is 1.37 bits per heavy atom. The van der Waals surface area contributed by atoms with Crippen LogP contribution in [0.4, 0.5) is 0 Å². The van der Waals surface area contributed by atoms with Crippen molar-refractivity contribution in [2.75, 3.05) is 0 Å². The van der Waals surface area contributed by atoms with Gasteiger partial charge in [-0.25, -0.2) is 0 Å². The Morgan fingerprint density at radius 1 is 0.684 bits per heavy atom. The summed E-state index contributed by atoms with van der Waals surface area (Å²) >= 11 is 0. The van der Waals surface area contributed by atoms with Crippen LogP contribution in [0.2, 0.25) is 0 Å². The zero-order chi connectivity index (χ0) is 13.2. The van der Waals surface area contributed by atoms with Gasteiger partial charge >= 0.3 is 0 Å². The van der Waals surface area contributed by atoms with Gasteiger partial charge in [-0.15, -0.1) is 0 Å². The van der Waals surface area contributed by atoms with Crippen molar-refractivity contribution in [3.05, 3.63) is 72.3 Å². The van der Waals surface area contributed by atoms with Crippen molar-refractivity contribution in [3.63, 3.8) is 0 Å². The maximum Gasteiger partial charge on any atom is -0.00707 e. The molecule has 19 heavy (non-hydrogen) atoms. The first-order valence-electron chi connectivity index (χ1n) is 6.84. The molecule has 0 amide bonds. The highest BCUT2D eigenvalue weighted by Crippen LogP contribution is 2.34. The Balaban J connectivity index is 2.37. The van der Waals surface area contributed by atoms with Crippen LogP contribution in [0.5, 0.6) is 0 Å². The van der Waals surface area contributed by atoms with Gasteiger partial charge in [0.15, 0.2) is 0 Å². The molecule has 0 unspecified atom stereocenters. The molecule has 0 radical (unpaired) electrons. The molecule has 0 bridgehead atoms. The highest BCUT2D eigenvalue weighted by Gasteiger charge is 2.09. The van der Waals surface area contributed by atoms with E-state index in [2.05, 4.69) is 80.6 Å². The molecule has 0 aliphatic carbocycles. The first-order valence-corrected chi connectivity index (χ1v) is 6.84. The standard InChI is InChI=1S/C19H18/c1-14(2)17-12-6-10-16-11-7-13-18(19(16)17)15-8-4-3-5-9-15/h3-14H,1-2H3. The Morgan fingerprint density at radius 3 is 2.05 bits per heavy atom. The Bertz CT molecular complexity index is 688. The van der Waals surface area contributed by atoms with Crippen LogP contribution in [0.15, 0.2) is 66.7 Å². The predicted molar refractivity (Wildman–Crippen MR) is 83.5 cm³/mol. The summed E-state index contributed by atoms with van der Waals surface area (Å²) < 4.78 is 0. The Hall–Kier alpha value is -2.08. The minimum atomic E-state index is 0.536. The highest BCUT2D eigenvalue weighted by atomic mass is 14.1. The Labute approximate surface area is 114 Å². The van der Waals surface area contributed by atoms with Gasteiger partial charge in [-0.1, -0.05) is 80.6 Å². The zero-order valence-electron chi connectivity index (χ0n) is 11.4. The van der Waals surface area contributed by atoms with Crippen molar-refractivity contribution in [1.29, 1.82) is 0 Å². The molecule has 0 atom stereocenters. The van der Waals surface area contributed by atoms with E-state index in [1.165, 1.54) is 27.5 Å². The fourth-order valence-corrected chi connectivity index (χ4v) is 2.71. The molecule has 0 nitrogen and oxygen atoms in total. The van der Waals surface area contributed by atoms with Crippen LogP contribution in [0.1, 0.15) is 25.3 Å². The second kappa shape index (κ2) is 4.89. The van der Waals surface area contributed by atoms with Crippen molar-refractivity contribution in [3.8, 4) is 11.1 Å². The van der Waals surface area contributed by atoms with Crippen LogP contribution in [0.3, 0.4) is 0 Å². The van der Waals surface area contributed by atoms with Gasteiger partial charge in [0.25, 0.3) is 0 Å². The maximum absolute atomic E-state index is 2.26. The van der Waals surface area contributed by atoms with E-state index in [9.17, 15) is 0 Å². The molecular weight excluding hydrogens is 228 g/mol. The number of benzene rings is 3. The smallest absolute Gasteiger partial charge is 0.00707 e. The van der Waals surface area contributed by atoms with Gasteiger partial charge in [-0.3, -0.25) is 0 Å². The monoisotopic (exact) mass is 246 g/mol. The minimum Gasteiger partial charge on any atom is -0.0622 e. The van der Waals surface area contributed by atoms with E-state index in [4.69, 9.17) is 0 Å². The summed E-state index contributed by atoms with van der Waals surface area (Å²) in [5.74, 6) is 0.536. The van der Waals surface area contributed by atoms with Gasteiger partial charge < -0.3 is 0 Å². The van der Waals surface area contributed by atoms with E-state index < -0.39 is 0 Å². The number of hydrogen-bond acceptors (Lipinski definition) is 0. The lowest BCUT2D eigenvalue weighted by Gasteiger charge is -2.14. The minimum absolute atomic E-state index is 0.536. The molecule has 3 rings (SSSR count). The van der Waals surface area contributed by atoms with Crippen molar-refractivity contribution >= 4 is 10.8 Å². The summed E-state index contributed by atoms with van der Waals surface area (Å²) in [5.41, 5.74) is 4.06. The Kier molecular flexibility index (Phi) is 3.08. The van der Waals surface area contributed by atoms with Gasteiger partial charge in [0.1, 0.15) is 0 Å². The first-order chi connectivity index (χ1) is 9.27. The second-order valence-corrected chi connectivity index (χ2v) is 5.27. The van der Waals surface area contributed by atoms with Gasteiger partial charge in [-0.2, -0.15) is 0 Å². The summed E-state index contributed by atoms with van der Waals surface area (Å²) in [6.45, 7) is 4.52. The van der Waals surface area contributed by atoms with Crippen LogP contribution < -0.4 is 0 Å². The van der Waals surface area contributed by atoms with E-state index in [-0.39, 0.29) is 0 Å². The second-order valence-electron chi connectivity index (χ2n) is 5.27. The molecule has 0 aliphatic rings. The molecule has 0 saturated heterocycles. The zero-order valence-corrected chi connectivity index (χ0v) is 11.4. The van der Waals surface area contributed by atoms with E-state index in [0.717, 1.165) is 0 Å². The van der Waals surface area contributed by atoms with E-state index in [1.807, 2.05) is 0 Å². The molecule has 0 N–H and O–H groups in total. The lowest BCUT2D eigenvalue weighted by molar-refractivity contribution is 0.876. The molecule has 0 saturated carbocycles. The summed E-state index contributed by atoms with van der Waals surface area (Å²) in [6, 6.07) is 23.8. The SMILES string of the molecule is CC(C)c1cccc2cccc(-c3ccccc3)c12. The van der Waals surface area contributed by atoms with Crippen LogP contribution >= 0.6 is 0 Å². The first kappa shape index (κ1) is 12.0. The van der Waals surface area contributed by atoms with Crippen LogP contribution in [-0.4, -0.2) is 0 Å². The van der Waals surface area contributed by atoms with Crippen molar-refractivity contribution < 1.29 is 0 Å². The summed E-state index contributed by atoms with van der Waals surface area (Å²) in [6.07, 6.45) is 0. The maximum atomic E-state index is 2.26. The van der Waals surface area contributed by atoms with Gasteiger partial charge in [0.05, 0.1) is 0 Å². The summed E-state index contributed by atoms with van der Waals surface area (Å²) in [4.78, 5) is 0. The van der Waals surface area contributed by atoms with E-state index in [1.54, 1.807) is 0 Å². The lowest BCUT2D eigenvalue weighted by atomic mass is 9.90. The average molecular weight is 246 g/mol. The normalized spacial score (nSPS) is 11.1. The third kappa shape index (κ3) is 2.15. The predicted octanol–water partition coefficient (Wildman–Crippen LogP) is 5.63. The number of hydrogen-bond donors (Lipinski definition) is 0. The van der Waals surface area contributed by atoms with Gasteiger partial charge in [0, 0.05) is 0 Å². The molecule has 3 aromatic carbocycles. The third-order valence-corrected chi connectivity index (χ3v) is 3.64. The molecular formula is C19H18. The largest absolute Gasteiger partial charge is 0.0622 e. The average Bonchev–Trinajstić information content (AvgIpc) is 2.46. The number of fused-ring (bicyclic) bond motifs is 1. The number of rotatable bonds is 2. The summed E-state index contributed by atoms with van der Waals surface area (Å²) in [5, 5.41) is 2.72. The molecule has 0 heteroatoms. The molecule has 94 valence electrons. The molecule has 0 fully saturated rings. The van der Waals surface area contributed by atoms with Gasteiger partial charge in [0.2, 0.25) is 0 Å². The quantitative estimate of drug-likeness (QED) is 0.549. The fourth-order valence-electron chi connectivity index (χ4n) is 2.71. The van der Waals surface area contributed by atoms with Crippen molar-refractivity contribution in [1.82, 2.24) is 0 Å². The summed E-state index contributed by atoms with van der Waals surface area (Å²) in [7, 11) is 0. The molecule has 3 aromatic rings. The van der Waals surface area contributed by atoms with Crippen molar-refractivity contribution in [2.24, 2.45) is 0 Å². The lowest BCUT2D eigenvalue weighted by Crippen LogP contribution is -1.91. The highest BCUT2D eigenvalue weighted by molar-refractivity contribution is 5.99. The van der Waals surface area contributed by atoms with E-state index >= 15 is 0 Å². The van der Waals surface area contributed by atoms with Crippen LogP contribution in [0, 0.1) is 0 Å². The van der Waals surface area contributed by atoms with Crippen LogP contribution in [0.25, 0.3) is 21.9 Å². The topological polar surface area (TPSA) is 0 Å². The molecule has 0 heterocycles.